The molecule has 12 heteroatoms. The third-order valence-corrected chi connectivity index (χ3v) is 14.0. The van der Waals surface area contributed by atoms with Crippen molar-refractivity contribution in [3.8, 4) is 23.0 Å². The first-order valence-corrected chi connectivity index (χ1v) is 21.9. The summed E-state index contributed by atoms with van der Waals surface area (Å²) in [7, 11) is -0.0773. The zero-order valence-electron chi connectivity index (χ0n) is 33.4. The molecule has 2 fully saturated rings. The third-order valence-electron chi connectivity index (χ3n) is 11.5. The van der Waals surface area contributed by atoms with Gasteiger partial charge in [-0.2, -0.15) is 0 Å². The molecule has 11 nitrogen and oxygen atoms in total. The minimum Gasteiger partial charge on any atom is -0.493 e. The maximum atomic E-state index is 14.1. The molecule has 4 heterocycles. The fourth-order valence-electron chi connectivity index (χ4n) is 8.65. The SMILES string of the molecule is C=C1C[C@H]2C(C)Cc3cc(OCCP(=O)(CCOc4cc5c(cc4OC)C(=O)N4CC(=C)C[C@H]4C(COCCCCC)C5)OCC)c(OC)cc3C(=O)N2C1. The molecule has 2 aromatic rings. The number of methoxy groups -OCH3 is 2. The molecule has 5 atom stereocenters. The molecule has 0 N–H and O–H groups in total. The summed E-state index contributed by atoms with van der Waals surface area (Å²) in [5.41, 5.74) is 5.18. The Morgan fingerprint density at radius 2 is 1.27 bits per heavy atom. The molecular weight excluding hydrogens is 719 g/mol. The van der Waals surface area contributed by atoms with Crippen LogP contribution in [0, 0.1) is 11.8 Å². The number of benzene rings is 2. The van der Waals surface area contributed by atoms with Crippen molar-refractivity contribution in [2.75, 3.05) is 72.7 Å². The standard InChI is InChI=1S/C43H59N2O9P/c1-8-10-11-12-51-27-33-20-32-22-41(39(50-7)24-35(32)43(47)45-26-29(4)18-37(33)45)53-14-16-55(48,54-9-2)15-13-52-40-21-31-19-30(5)36-17-28(3)25-44(36)42(46)34(31)23-38(40)49-6/h21-24,30,33,36-37H,3-4,8-20,25-27H2,1-2,5-7H3/t30?,33?,36-,37-,55?/m0/s1. The largest absolute Gasteiger partial charge is 0.493 e. The second-order valence-electron chi connectivity index (χ2n) is 15.5. The highest BCUT2D eigenvalue weighted by Gasteiger charge is 2.42. The normalized spacial score (nSPS) is 23.0. The Hall–Kier alpha value is -3.79. The van der Waals surface area contributed by atoms with E-state index in [9.17, 15) is 14.2 Å². The number of carbonyl (C=O) groups is 2. The second-order valence-corrected chi connectivity index (χ2v) is 18.3. The summed E-state index contributed by atoms with van der Waals surface area (Å²) in [6.07, 6.45) is 6.59. The molecule has 300 valence electrons. The Morgan fingerprint density at radius 3 is 1.82 bits per heavy atom. The monoisotopic (exact) mass is 778 g/mol. The number of hydrogen-bond acceptors (Lipinski definition) is 9. The van der Waals surface area contributed by atoms with Crippen molar-refractivity contribution in [1.29, 1.82) is 0 Å². The van der Waals surface area contributed by atoms with E-state index in [0.717, 1.165) is 60.8 Å². The molecule has 2 aromatic carbocycles. The van der Waals surface area contributed by atoms with E-state index in [1.54, 1.807) is 26.4 Å². The minimum atomic E-state index is -3.18. The van der Waals surface area contributed by atoms with Gasteiger partial charge in [-0.3, -0.25) is 14.2 Å². The van der Waals surface area contributed by atoms with E-state index in [1.165, 1.54) is 0 Å². The molecule has 2 amide bonds. The highest BCUT2D eigenvalue weighted by Crippen LogP contribution is 2.47. The lowest BCUT2D eigenvalue weighted by Crippen LogP contribution is -2.40. The van der Waals surface area contributed by atoms with Crippen LogP contribution >= 0.6 is 7.37 Å². The van der Waals surface area contributed by atoms with Crippen molar-refractivity contribution in [3.63, 3.8) is 0 Å². The smallest absolute Gasteiger partial charge is 0.254 e. The van der Waals surface area contributed by atoms with Gasteiger partial charge in [0, 0.05) is 48.8 Å². The van der Waals surface area contributed by atoms with Crippen LogP contribution in [0.2, 0.25) is 0 Å². The average molecular weight is 779 g/mol. The highest BCUT2D eigenvalue weighted by atomic mass is 31.2. The summed E-state index contributed by atoms with van der Waals surface area (Å²) in [6, 6.07) is 7.50. The first-order valence-electron chi connectivity index (χ1n) is 19.9. The van der Waals surface area contributed by atoms with Gasteiger partial charge in [-0.15, -0.1) is 0 Å². The van der Waals surface area contributed by atoms with Crippen LogP contribution < -0.4 is 18.9 Å². The summed E-state index contributed by atoms with van der Waals surface area (Å²) < 4.78 is 50.0. The van der Waals surface area contributed by atoms with E-state index in [4.69, 9.17) is 28.2 Å². The Balaban J connectivity index is 1.12. The van der Waals surface area contributed by atoms with Crippen molar-refractivity contribution < 1.29 is 42.4 Å². The van der Waals surface area contributed by atoms with Crippen molar-refractivity contribution >= 4 is 19.2 Å². The predicted octanol–water partition coefficient (Wildman–Crippen LogP) is 7.59. The van der Waals surface area contributed by atoms with E-state index in [0.29, 0.717) is 66.8 Å². The Morgan fingerprint density at radius 1 is 0.727 bits per heavy atom. The fraction of sp³-hybridized carbons (Fsp3) is 0.581. The molecule has 3 unspecified atom stereocenters. The zero-order valence-corrected chi connectivity index (χ0v) is 34.3. The Kier molecular flexibility index (Phi) is 13.4. The number of nitrogens with zero attached hydrogens (tertiary/aromatic N) is 2. The van der Waals surface area contributed by atoms with E-state index in [1.807, 2.05) is 28.9 Å². The number of hydrogen-bond donors (Lipinski definition) is 0. The number of ether oxygens (including phenoxy) is 5. The van der Waals surface area contributed by atoms with Crippen molar-refractivity contribution in [3.05, 3.63) is 70.8 Å². The quantitative estimate of drug-likeness (QED) is 0.0859. The van der Waals surface area contributed by atoms with Crippen LogP contribution in [0.3, 0.4) is 0 Å². The lowest BCUT2D eigenvalue weighted by molar-refractivity contribution is 0.0508. The summed E-state index contributed by atoms with van der Waals surface area (Å²) in [5.74, 6) is 2.23. The van der Waals surface area contributed by atoms with Gasteiger partial charge in [0.25, 0.3) is 11.8 Å². The maximum absolute atomic E-state index is 14.1. The van der Waals surface area contributed by atoms with E-state index in [2.05, 4.69) is 27.0 Å². The topological polar surface area (TPSA) is 113 Å². The molecule has 0 saturated carbocycles. The van der Waals surface area contributed by atoms with Gasteiger partial charge >= 0.3 is 0 Å². The van der Waals surface area contributed by atoms with Crippen LogP contribution in [0.1, 0.15) is 84.7 Å². The Bertz CT molecular complexity index is 1810. The number of amides is 2. The summed E-state index contributed by atoms with van der Waals surface area (Å²) in [4.78, 5) is 31.3. The molecule has 0 bridgehead atoms. The van der Waals surface area contributed by atoms with Crippen LogP contribution in [0.25, 0.3) is 0 Å². The highest BCUT2D eigenvalue weighted by molar-refractivity contribution is 7.59. The minimum absolute atomic E-state index is 0.00957. The lowest BCUT2D eigenvalue weighted by atomic mass is 9.90. The lowest BCUT2D eigenvalue weighted by Gasteiger charge is -2.28. The van der Waals surface area contributed by atoms with Gasteiger partial charge in [0.05, 0.1) is 53.0 Å². The van der Waals surface area contributed by atoms with Crippen molar-refractivity contribution in [2.24, 2.45) is 11.8 Å². The van der Waals surface area contributed by atoms with Gasteiger partial charge in [-0.05, 0) is 80.3 Å². The van der Waals surface area contributed by atoms with Crippen molar-refractivity contribution in [2.45, 2.75) is 77.8 Å². The zero-order chi connectivity index (χ0) is 39.3. The summed E-state index contributed by atoms with van der Waals surface area (Å²) >= 11 is 0. The number of fused-ring (bicyclic) bond motifs is 4. The molecule has 2 saturated heterocycles. The van der Waals surface area contributed by atoms with Crippen LogP contribution in [-0.2, 0) is 26.7 Å². The number of carbonyl (C=O) groups excluding carboxylic acids is 2. The predicted molar refractivity (Wildman–Crippen MR) is 214 cm³/mol. The van der Waals surface area contributed by atoms with Gasteiger partial charge in [0.1, 0.15) is 0 Å². The van der Waals surface area contributed by atoms with Gasteiger partial charge in [-0.25, -0.2) is 0 Å². The second kappa shape index (κ2) is 18.0. The molecule has 4 aliphatic heterocycles. The van der Waals surface area contributed by atoms with E-state index >= 15 is 0 Å². The van der Waals surface area contributed by atoms with Crippen molar-refractivity contribution in [1.82, 2.24) is 9.80 Å². The fourth-order valence-corrected chi connectivity index (χ4v) is 10.3. The van der Waals surface area contributed by atoms with Gasteiger partial charge < -0.3 is 38.0 Å². The molecule has 55 heavy (non-hydrogen) atoms. The first-order chi connectivity index (χ1) is 26.5. The summed E-state index contributed by atoms with van der Waals surface area (Å²) in [5, 5.41) is 0. The van der Waals surface area contributed by atoms with Gasteiger partial charge in [-0.1, -0.05) is 51.0 Å². The number of rotatable bonds is 18. The maximum Gasteiger partial charge on any atom is 0.254 e. The van der Waals surface area contributed by atoms with E-state index < -0.39 is 7.37 Å². The van der Waals surface area contributed by atoms with E-state index in [-0.39, 0.29) is 67.9 Å². The Labute approximate surface area is 326 Å². The third kappa shape index (κ3) is 9.11. The molecule has 4 aliphatic rings. The number of unbranched alkanes of at least 4 members (excludes halogenated alkanes) is 2. The molecule has 0 spiro atoms. The van der Waals surface area contributed by atoms with Crippen LogP contribution in [-0.4, -0.2) is 106 Å². The van der Waals surface area contributed by atoms with Crippen LogP contribution in [0.4, 0.5) is 0 Å². The van der Waals surface area contributed by atoms with Crippen LogP contribution in [0.15, 0.2) is 48.6 Å². The molecule has 0 radical (unpaired) electrons. The molecule has 0 aliphatic carbocycles. The molecule has 6 rings (SSSR count). The van der Waals surface area contributed by atoms with Gasteiger partial charge in [0.15, 0.2) is 23.0 Å². The average Bonchev–Trinajstić information content (AvgIpc) is 3.71. The summed E-state index contributed by atoms with van der Waals surface area (Å²) in [6.45, 7) is 17.4. The first kappa shape index (κ1) is 40.9. The molecule has 0 aromatic heterocycles. The van der Waals surface area contributed by atoms with Crippen LogP contribution in [0.5, 0.6) is 23.0 Å². The molecular formula is C43H59N2O9P. The van der Waals surface area contributed by atoms with Gasteiger partial charge in [0.2, 0.25) is 7.37 Å².